The van der Waals surface area contributed by atoms with Crippen LogP contribution in [0.25, 0.3) is 22.3 Å². The smallest absolute Gasteiger partial charge is 0.342 e. The number of esters is 1. The predicted molar refractivity (Wildman–Crippen MR) is 115 cm³/mol. The van der Waals surface area contributed by atoms with Crippen LogP contribution in [0.5, 0.6) is 0 Å². The van der Waals surface area contributed by atoms with Crippen LogP contribution in [0.2, 0.25) is 0 Å². The second-order valence-electron chi connectivity index (χ2n) is 8.82. The molecule has 2 aromatic heterocycles. The van der Waals surface area contributed by atoms with Crippen LogP contribution in [0.4, 0.5) is 4.39 Å². The first-order valence-corrected chi connectivity index (χ1v) is 10.8. The number of carbonyl (C=O) groups excluding carboxylic acids is 1. The summed E-state index contributed by atoms with van der Waals surface area (Å²) in [5, 5.41) is 4.12. The van der Waals surface area contributed by atoms with Crippen molar-refractivity contribution in [3.63, 3.8) is 0 Å². The topological polar surface area (TPSA) is 90.6 Å². The molecule has 162 valence electrons. The number of ether oxygens (including phenoxy) is 1. The molecule has 0 bridgehead atoms. The zero-order valence-corrected chi connectivity index (χ0v) is 17.7. The molecule has 1 aliphatic carbocycles. The molecule has 0 N–H and O–H groups in total. The van der Waals surface area contributed by atoms with Crippen LogP contribution in [0, 0.1) is 17.6 Å². The third-order valence-electron chi connectivity index (χ3n) is 7.43. The van der Waals surface area contributed by atoms with Gasteiger partial charge in [0.15, 0.2) is 0 Å². The monoisotopic (exact) mass is 433 g/mol. The van der Waals surface area contributed by atoms with Crippen molar-refractivity contribution >= 4 is 16.9 Å². The zero-order chi connectivity index (χ0) is 22.4. The number of halogens is 1. The van der Waals surface area contributed by atoms with E-state index in [9.17, 15) is 18.9 Å². The van der Waals surface area contributed by atoms with Crippen LogP contribution in [0.1, 0.15) is 53.1 Å². The first-order valence-electron chi connectivity index (χ1n) is 10.8. The minimum Gasteiger partial charge on any atom is -0.458 e. The number of aromatic nitrogens is 2. The Hall–Kier alpha value is -3.42. The molecule has 0 unspecified atom stereocenters. The Kier molecular flexibility index (Phi) is 3.80. The molecule has 7 nitrogen and oxygen atoms in total. The summed E-state index contributed by atoms with van der Waals surface area (Å²) < 4.78 is 21.4. The Morgan fingerprint density at radius 3 is 2.72 bits per heavy atom. The van der Waals surface area contributed by atoms with E-state index in [1.165, 1.54) is 6.07 Å². The van der Waals surface area contributed by atoms with E-state index in [0.29, 0.717) is 34.6 Å². The number of carbonyl (C=O) groups is 1. The predicted octanol–water partition coefficient (Wildman–Crippen LogP) is 3.79. The second-order valence-corrected chi connectivity index (χ2v) is 8.82. The number of nitroso groups, excluding NO2 is 1. The number of pyridine rings is 2. The van der Waals surface area contributed by atoms with Gasteiger partial charge in [0.2, 0.25) is 5.54 Å². The molecule has 2 aliphatic heterocycles. The normalized spacial score (nSPS) is 20.5. The maximum absolute atomic E-state index is 14.6. The van der Waals surface area contributed by atoms with Gasteiger partial charge in [-0.2, -0.15) is 0 Å². The van der Waals surface area contributed by atoms with Gasteiger partial charge >= 0.3 is 5.97 Å². The van der Waals surface area contributed by atoms with Crippen molar-refractivity contribution in [2.45, 2.75) is 58.2 Å². The van der Waals surface area contributed by atoms with Gasteiger partial charge in [0, 0.05) is 22.6 Å². The average Bonchev–Trinajstić information content (AvgIpc) is 3.17. The molecule has 4 heterocycles. The number of hydrogen-bond donors (Lipinski definition) is 0. The molecule has 3 aromatic rings. The Morgan fingerprint density at radius 2 is 1.97 bits per heavy atom. The summed E-state index contributed by atoms with van der Waals surface area (Å²) >= 11 is 0. The number of fused-ring (bicyclic) bond motifs is 5. The fourth-order valence-electron chi connectivity index (χ4n) is 5.67. The Labute approximate surface area is 182 Å². The summed E-state index contributed by atoms with van der Waals surface area (Å²) in [6, 6.07) is 3.15. The molecule has 0 saturated carbocycles. The maximum atomic E-state index is 14.6. The van der Waals surface area contributed by atoms with Gasteiger partial charge in [0.05, 0.1) is 29.0 Å². The van der Waals surface area contributed by atoms with E-state index in [4.69, 9.17) is 9.72 Å². The lowest BCUT2D eigenvalue weighted by Gasteiger charge is -2.30. The van der Waals surface area contributed by atoms with Gasteiger partial charge in [-0.15, -0.1) is 4.91 Å². The van der Waals surface area contributed by atoms with E-state index in [0.717, 1.165) is 41.3 Å². The van der Waals surface area contributed by atoms with Crippen molar-refractivity contribution in [1.29, 1.82) is 0 Å². The highest BCUT2D eigenvalue weighted by Crippen LogP contribution is 2.44. The third kappa shape index (κ3) is 2.17. The number of hydrogen-bond acceptors (Lipinski definition) is 6. The molecule has 0 radical (unpaired) electrons. The van der Waals surface area contributed by atoms with E-state index in [1.807, 2.05) is 0 Å². The molecule has 1 atom stereocenters. The van der Waals surface area contributed by atoms with Gasteiger partial charge in [0.25, 0.3) is 5.56 Å². The van der Waals surface area contributed by atoms with Crippen molar-refractivity contribution in [2.24, 2.45) is 5.18 Å². The molecular weight excluding hydrogens is 413 g/mol. The zero-order valence-electron chi connectivity index (χ0n) is 17.7. The highest BCUT2D eigenvalue weighted by atomic mass is 19.1. The molecule has 0 saturated heterocycles. The lowest BCUT2D eigenvalue weighted by atomic mass is 9.83. The van der Waals surface area contributed by atoms with Crippen molar-refractivity contribution in [1.82, 2.24) is 9.55 Å². The highest BCUT2D eigenvalue weighted by Gasteiger charge is 2.49. The second kappa shape index (κ2) is 6.31. The number of benzene rings is 1. The molecule has 32 heavy (non-hydrogen) atoms. The Morgan fingerprint density at radius 1 is 1.19 bits per heavy atom. The number of rotatable bonds is 2. The number of cyclic esters (lactones) is 1. The highest BCUT2D eigenvalue weighted by molar-refractivity contribution is 5.92. The van der Waals surface area contributed by atoms with Crippen molar-refractivity contribution in [3.8, 4) is 11.4 Å². The summed E-state index contributed by atoms with van der Waals surface area (Å²) in [5.74, 6) is -1.03. The van der Waals surface area contributed by atoms with E-state index in [2.05, 4.69) is 5.18 Å². The molecule has 0 spiro atoms. The standard InChI is InChI=1S/C24H20FN3O4/c1-3-24(27-31)16-7-19-21-14(9-28(19)22(29)15(16)10-32-23(24)30)13-6-4-5-12-11(2)17(25)8-18(26-21)20(12)13/h7-8H,3-6,9-10H2,1-2H3/t24-/m0/s1. The fourth-order valence-corrected chi connectivity index (χ4v) is 5.67. The summed E-state index contributed by atoms with van der Waals surface area (Å²) in [6.07, 6.45) is 2.62. The SMILES string of the molecule is CC[C@@]1(N=O)C(=O)OCc2c1cc1n(c2=O)Cc2c-1nc1cc(F)c(C)c3c1c2CCC3. The number of nitrogens with zero attached hydrogens (tertiary/aromatic N) is 3. The lowest BCUT2D eigenvalue weighted by molar-refractivity contribution is -0.154. The molecule has 0 fully saturated rings. The van der Waals surface area contributed by atoms with Crippen molar-refractivity contribution in [2.75, 3.05) is 0 Å². The first kappa shape index (κ1) is 19.3. The van der Waals surface area contributed by atoms with E-state index < -0.39 is 11.5 Å². The fraction of sp³-hybridized carbons (Fsp3) is 0.375. The van der Waals surface area contributed by atoms with Gasteiger partial charge in [-0.3, -0.25) is 4.79 Å². The van der Waals surface area contributed by atoms with Crippen molar-refractivity contribution in [3.05, 3.63) is 66.6 Å². The summed E-state index contributed by atoms with van der Waals surface area (Å²) in [7, 11) is 0. The van der Waals surface area contributed by atoms with Crippen LogP contribution in [-0.2, 0) is 41.1 Å². The first-order chi connectivity index (χ1) is 15.4. The molecule has 0 amide bonds. The summed E-state index contributed by atoms with van der Waals surface area (Å²) in [6.45, 7) is 3.64. The minimum absolute atomic E-state index is 0.0856. The quantitative estimate of drug-likeness (QED) is 0.354. The van der Waals surface area contributed by atoms with Crippen LogP contribution >= 0.6 is 0 Å². The molecule has 8 heteroatoms. The molecule has 1 aromatic carbocycles. The van der Waals surface area contributed by atoms with Crippen LogP contribution < -0.4 is 5.56 Å². The van der Waals surface area contributed by atoms with Gasteiger partial charge in [-0.05, 0) is 60.5 Å². The van der Waals surface area contributed by atoms with Gasteiger partial charge < -0.3 is 9.30 Å². The maximum Gasteiger partial charge on any atom is 0.342 e. The third-order valence-corrected chi connectivity index (χ3v) is 7.43. The minimum atomic E-state index is -1.74. The van der Waals surface area contributed by atoms with Gasteiger partial charge in [-0.25, -0.2) is 14.2 Å². The van der Waals surface area contributed by atoms with Crippen molar-refractivity contribution < 1.29 is 13.9 Å². The van der Waals surface area contributed by atoms with Crippen LogP contribution in [-0.4, -0.2) is 15.5 Å². The van der Waals surface area contributed by atoms with Crippen LogP contribution in [0.3, 0.4) is 0 Å². The molecule has 6 rings (SSSR count). The lowest BCUT2D eigenvalue weighted by Crippen LogP contribution is -2.43. The Balaban J connectivity index is 1.69. The molecule has 3 aliphatic rings. The van der Waals surface area contributed by atoms with Crippen LogP contribution in [0.15, 0.2) is 22.1 Å². The summed E-state index contributed by atoms with van der Waals surface area (Å²) in [5.41, 5.74) is 3.96. The van der Waals surface area contributed by atoms with Gasteiger partial charge in [-0.1, -0.05) is 6.92 Å². The summed E-state index contributed by atoms with van der Waals surface area (Å²) in [4.78, 5) is 42.5. The van der Waals surface area contributed by atoms with E-state index in [-0.39, 0.29) is 30.0 Å². The number of aryl methyl sites for hydroxylation is 2. The largest absolute Gasteiger partial charge is 0.458 e. The van der Waals surface area contributed by atoms with E-state index in [1.54, 1.807) is 24.5 Å². The van der Waals surface area contributed by atoms with E-state index >= 15 is 0 Å². The Bertz CT molecular complexity index is 1460. The molecular formula is C24H20FN3O4. The average molecular weight is 433 g/mol. The van der Waals surface area contributed by atoms with Gasteiger partial charge in [0.1, 0.15) is 12.4 Å².